The Morgan fingerprint density at radius 1 is 1.18 bits per heavy atom. The number of thioether (sulfide) groups is 1. The van der Waals surface area contributed by atoms with Gasteiger partial charge in [0.15, 0.2) is 0 Å². The molecule has 2 aromatic carbocycles. The summed E-state index contributed by atoms with van der Waals surface area (Å²) in [6.45, 7) is 0.507. The first-order valence-electron chi connectivity index (χ1n) is 9.09. The zero-order valence-electron chi connectivity index (χ0n) is 15.6. The van der Waals surface area contributed by atoms with Crippen molar-refractivity contribution in [3.8, 4) is 5.75 Å². The Balaban J connectivity index is 1.76. The minimum Gasteiger partial charge on any atom is -0.493 e. The van der Waals surface area contributed by atoms with Gasteiger partial charge in [0, 0.05) is 12.0 Å². The van der Waals surface area contributed by atoms with E-state index in [1.54, 1.807) is 30.0 Å². The van der Waals surface area contributed by atoms with Gasteiger partial charge in [0.05, 0.1) is 17.5 Å². The molecule has 1 amide bonds. The van der Waals surface area contributed by atoms with E-state index in [-0.39, 0.29) is 16.8 Å². The quantitative estimate of drug-likeness (QED) is 0.686. The van der Waals surface area contributed by atoms with Crippen LogP contribution in [0, 0.1) is 0 Å². The highest BCUT2D eigenvalue weighted by Crippen LogP contribution is 2.31. The van der Waals surface area contributed by atoms with Crippen LogP contribution in [0.15, 0.2) is 59.5 Å². The van der Waals surface area contributed by atoms with Crippen molar-refractivity contribution in [1.29, 1.82) is 0 Å². The number of ether oxygens (including phenoxy) is 1. The van der Waals surface area contributed by atoms with Crippen LogP contribution in [0.4, 0.5) is 0 Å². The van der Waals surface area contributed by atoms with Crippen LogP contribution in [0.2, 0.25) is 0 Å². The summed E-state index contributed by atoms with van der Waals surface area (Å²) < 4.78 is 33.6. The molecular formula is C20H24N2O4S2. The van der Waals surface area contributed by atoms with E-state index in [2.05, 4.69) is 10.0 Å². The third kappa shape index (κ3) is 5.06. The molecule has 2 atom stereocenters. The zero-order valence-corrected chi connectivity index (χ0v) is 17.3. The number of fused-ring (bicyclic) bond motifs is 1. The summed E-state index contributed by atoms with van der Waals surface area (Å²) in [5, 5.41) is 3.00. The van der Waals surface area contributed by atoms with Crippen LogP contribution in [0.3, 0.4) is 0 Å². The third-order valence-electron chi connectivity index (χ3n) is 4.55. The molecule has 3 rings (SSSR count). The maximum absolute atomic E-state index is 12.9. The molecular weight excluding hydrogens is 396 g/mol. The second-order valence-electron chi connectivity index (χ2n) is 6.50. The molecule has 0 aliphatic carbocycles. The summed E-state index contributed by atoms with van der Waals surface area (Å²) in [7, 11) is -3.78. The molecule has 2 N–H and O–H groups in total. The maximum atomic E-state index is 12.9. The average Bonchev–Trinajstić information content (AvgIpc) is 2.72. The molecule has 0 saturated heterocycles. The van der Waals surface area contributed by atoms with Gasteiger partial charge in [-0.1, -0.05) is 36.4 Å². The fourth-order valence-corrected chi connectivity index (χ4v) is 4.82. The SMILES string of the molecule is CSCC[C@H](NS(=O)(=O)c1ccccc1)C(=O)N[C@H]1CCOc2ccccc21. The van der Waals surface area contributed by atoms with Crippen molar-refractivity contribution in [2.24, 2.45) is 0 Å². The number of amides is 1. The van der Waals surface area contributed by atoms with Gasteiger partial charge in [0.2, 0.25) is 15.9 Å². The monoisotopic (exact) mass is 420 g/mol. The van der Waals surface area contributed by atoms with Gasteiger partial charge in [-0.15, -0.1) is 0 Å². The van der Waals surface area contributed by atoms with Crippen LogP contribution in [0.25, 0.3) is 0 Å². The molecule has 0 unspecified atom stereocenters. The number of hydrogen-bond donors (Lipinski definition) is 2. The molecule has 1 aliphatic rings. The molecule has 0 aromatic heterocycles. The number of para-hydroxylation sites is 1. The van der Waals surface area contributed by atoms with Gasteiger partial charge in [-0.2, -0.15) is 16.5 Å². The predicted octanol–water partition coefficient (Wildman–Crippen LogP) is 2.73. The number of carbonyl (C=O) groups excluding carboxylic acids is 1. The van der Waals surface area contributed by atoms with E-state index in [0.717, 1.165) is 11.3 Å². The molecule has 1 heterocycles. The first-order valence-corrected chi connectivity index (χ1v) is 12.0. The van der Waals surface area contributed by atoms with Crippen LogP contribution in [-0.2, 0) is 14.8 Å². The highest BCUT2D eigenvalue weighted by Gasteiger charge is 2.29. The Bertz CT molecular complexity index is 903. The number of nitrogens with one attached hydrogen (secondary N) is 2. The molecule has 8 heteroatoms. The molecule has 0 saturated carbocycles. The fraction of sp³-hybridized carbons (Fsp3) is 0.350. The lowest BCUT2D eigenvalue weighted by Gasteiger charge is -2.28. The number of carbonyl (C=O) groups is 1. The van der Waals surface area contributed by atoms with E-state index in [0.29, 0.717) is 25.2 Å². The van der Waals surface area contributed by atoms with Crippen molar-refractivity contribution in [3.05, 3.63) is 60.2 Å². The summed E-state index contributed by atoms with van der Waals surface area (Å²) in [5.74, 6) is 1.10. The number of benzene rings is 2. The van der Waals surface area contributed by atoms with Crippen LogP contribution in [0.5, 0.6) is 5.75 Å². The van der Waals surface area contributed by atoms with Crippen molar-refractivity contribution in [1.82, 2.24) is 10.0 Å². The molecule has 0 radical (unpaired) electrons. The van der Waals surface area contributed by atoms with E-state index in [1.807, 2.05) is 30.5 Å². The van der Waals surface area contributed by atoms with E-state index in [1.165, 1.54) is 12.1 Å². The van der Waals surface area contributed by atoms with Crippen LogP contribution >= 0.6 is 11.8 Å². The Hall–Kier alpha value is -2.03. The third-order valence-corrected chi connectivity index (χ3v) is 6.68. The van der Waals surface area contributed by atoms with E-state index in [9.17, 15) is 13.2 Å². The molecule has 2 aromatic rings. The van der Waals surface area contributed by atoms with Crippen LogP contribution < -0.4 is 14.8 Å². The van der Waals surface area contributed by atoms with E-state index < -0.39 is 16.1 Å². The highest BCUT2D eigenvalue weighted by atomic mass is 32.2. The summed E-state index contributed by atoms with van der Waals surface area (Å²) in [6.07, 6.45) is 2.97. The van der Waals surface area contributed by atoms with Gasteiger partial charge in [-0.05, 0) is 36.6 Å². The van der Waals surface area contributed by atoms with Crippen molar-refractivity contribution in [2.75, 3.05) is 18.6 Å². The molecule has 150 valence electrons. The summed E-state index contributed by atoms with van der Waals surface area (Å²) >= 11 is 1.57. The minimum atomic E-state index is -3.78. The fourth-order valence-electron chi connectivity index (χ4n) is 3.10. The van der Waals surface area contributed by atoms with Crippen LogP contribution in [-0.4, -0.2) is 39.0 Å². The Morgan fingerprint density at radius 3 is 2.64 bits per heavy atom. The van der Waals surface area contributed by atoms with Gasteiger partial charge >= 0.3 is 0 Å². The molecule has 6 nitrogen and oxygen atoms in total. The standard InChI is InChI=1S/C20H24N2O4S2/c1-27-14-12-18(22-28(24,25)15-7-3-2-4-8-15)20(23)21-17-11-13-26-19-10-6-5-9-16(17)19/h2-10,17-18,22H,11-14H2,1H3,(H,21,23)/t17-,18-/m0/s1. The van der Waals surface area contributed by atoms with Crippen molar-refractivity contribution < 1.29 is 17.9 Å². The average molecular weight is 421 g/mol. The summed E-state index contributed by atoms with van der Waals surface area (Å²) in [6, 6.07) is 14.6. The largest absolute Gasteiger partial charge is 0.493 e. The van der Waals surface area contributed by atoms with Gasteiger partial charge in [0.25, 0.3) is 0 Å². The van der Waals surface area contributed by atoms with Gasteiger partial charge in [-0.25, -0.2) is 8.42 Å². The zero-order chi connectivity index (χ0) is 20.0. The van der Waals surface area contributed by atoms with Gasteiger partial charge in [-0.3, -0.25) is 4.79 Å². The van der Waals surface area contributed by atoms with E-state index >= 15 is 0 Å². The first-order chi connectivity index (χ1) is 13.5. The number of hydrogen-bond acceptors (Lipinski definition) is 5. The maximum Gasteiger partial charge on any atom is 0.241 e. The Kier molecular flexibility index (Phi) is 6.98. The lowest BCUT2D eigenvalue weighted by molar-refractivity contribution is -0.123. The normalized spacial score (nSPS) is 17.2. The number of sulfonamides is 1. The first kappa shape index (κ1) is 20.7. The lowest BCUT2D eigenvalue weighted by Crippen LogP contribution is -2.48. The molecule has 0 bridgehead atoms. The van der Waals surface area contributed by atoms with Crippen molar-refractivity contribution in [2.45, 2.75) is 29.8 Å². The smallest absolute Gasteiger partial charge is 0.241 e. The van der Waals surface area contributed by atoms with Gasteiger partial charge in [0.1, 0.15) is 11.8 Å². The van der Waals surface area contributed by atoms with Crippen molar-refractivity contribution >= 4 is 27.7 Å². The molecule has 28 heavy (non-hydrogen) atoms. The second kappa shape index (κ2) is 9.45. The lowest BCUT2D eigenvalue weighted by atomic mass is 10.00. The molecule has 0 spiro atoms. The molecule has 1 aliphatic heterocycles. The minimum absolute atomic E-state index is 0.147. The topological polar surface area (TPSA) is 84.5 Å². The summed E-state index contributed by atoms with van der Waals surface area (Å²) in [5.41, 5.74) is 0.914. The second-order valence-corrected chi connectivity index (χ2v) is 9.20. The van der Waals surface area contributed by atoms with E-state index in [4.69, 9.17) is 4.74 Å². The summed E-state index contributed by atoms with van der Waals surface area (Å²) in [4.78, 5) is 13.1. The highest BCUT2D eigenvalue weighted by molar-refractivity contribution is 7.98. The number of rotatable bonds is 8. The van der Waals surface area contributed by atoms with Crippen molar-refractivity contribution in [3.63, 3.8) is 0 Å². The predicted molar refractivity (Wildman–Crippen MR) is 111 cm³/mol. The Labute approximate surface area is 170 Å². The van der Waals surface area contributed by atoms with Crippen LogP contribution in [0.1, 0.15) is 24.4 Å². The Morgan fingerprint density at radius 2 is 1.89 bits per heavy atom. The van der Waals surface area contributed by atoms with Gasteiger partial charge < -0.3 is 10.1 Å². The molecule has 0 fully saturated rings.